The second kappa shape index (κ2) is 9.42. The number of carbonyl (C=O) groups excluding carboxylic acids is 1. The van der Waals surface area contributed by atoms with Crippen molar-refractivity contribution in [3.8, 4) is 23.1 Å². The highest BCUT2D eigenvalue weighted by Gasteiger charge is 2.53. The van der Waals surface area contributed by atoms with Crippen LogP contribution in [0.3, 0.4) is 0 Å². The average molecular weight is 482 g/mol. The van der Waals surface area contributed by atoms with Crippen LogP contribution in [0.15, 0.2) is 59.5 Å². The van der Waals surface area contributed by atoms with E-state index in [4.69, 9.17) is 9.47 Å². The molecule has 0 radical (unpaired) electrons. The predicted molar refractivity (Wildman–Crippen MR) is 129 cm³/mol. The van der Waals surface area contributed by atoms with Gasteiger partial charge in [0.05, 0.1) is 19.1 Å². The first-order valence-electron chi connectivity index (χ1n) is 11.0. The van der Waals surface area contributed by atoms with Gasteiger partial charge < -0.3 is 14.8 Å². The van der Waals surface area contributed by atoms with E-state index in [2.05, 4.69) is 15.3 Å². The zero-order valence-electron chi connectivity index (χ0n) is 19.4. The van der Waals surface area contributed by atoms with Crippen LogP contribution in [0.5, 0.6) is 11.8 Å². The van der Waals surface area contributed by atoms with Crippen LogP contribution in [0.25, 0.3) is 11.4 Å². The average Bonchev–Trinajstić information content (AvgIpc) is 3.37. The number of nitrogens with zero attached hydrogens (tertiary/aromatic N) is 2. The molecule has 0 aliphatic heterocycles. The van der Waals surface area contributed by atoms with Gasteiger partial charge in [0.15, 0.2) is 26.1 Å². The highest BCUT2D eigenvalue weighted by molar-refractivity contribution is 7.93. The number of methoxy groups -OCH3 is 2. The molecule has 1 heterocycles. The molecule has 1 amide bonds. The number of aryl methyl sites for hydroxylation is 1. The van der Waals surface area contributed by atoms with Crippen LogP contribution in [0.2, 0.25) is 0 Å². The van der Waals surface area contributed by atoms with Gasteiger partial charge in [0, 0.05) is 5.56 Å². The smallest absolute Gasteiger partial charge is 0.246 e. The molecule has 8 nitrogen and oxygen atoms in total. The van der Waals surface area contributed by atoms with E-state index >= 15 is 0 Å². The highest BCUT2D eigenvalue weighted by atomic mass is 32.2. The second-order valence-corrected chi connectivity index (χ2v) is 10.5. The van der Waals surface area contributed by atoms with Gasteiger partial charge in [0.1, 0.15) is 0 Å². The molecule has 1 aliphatic carbocycles. The summed E-state index contributed by atoms with van der Waals surface area (Å²) in [4.78, 5) is 22.6. The van der Waals surface area contributed by atoms with Crippen LogP contribution in [-0.4, -0.2) is 43.3 Å². The van der Waals surface area contributed by atoms with E-state index in [0.717, 1.165) is 11.1 Å². The number of benzene rings is 2. The Balaban J connectivity index is 1.75. The Kier molecular flexibility index (Phi) is 6.56. The molecule has 9 heteroatoms. The summed E-state index contributed by atoms with van der Waals surface area (Å²) in [5.41, 5.74) is 1.78. The number of nitrogens with one attached hydrogen (secondary N) is 1. The maximum atomic E-state index is 13.7. The van der Waals surface area contributed by atoms with Crippen molar-refractivity contribution in [1.29, 1.82) is 0 Å². The Morgan fingerprint density at radius 3 is 2.00 bits per heavy atom. The Labute approximate surface area is 199 Å². The van der Waals surface area contributed by atoms with Gasteiger partial charge in [-0.1, -0.05) is 60.9 Å². The number of anilines is 1. The summed E-state index contributed by atoms with van der Waals surface area (Å²) in [5.74, 6) is -0.117. The van der Waals surface area contributed by atoms with Crippen molar-refractivity contribution in [3.05, 3.63) is 60.2 Å². The van der Waals surface area contributed by atoms with Gasteiger partial charge in [-0.2, -0.15) is 9.97 Å². The number of rotatable bonds is 7. The molecule has 1 aliphatic rings. The number of carbonyl (C=O) groups is 1. The molecule has 1 aromatic heterocycles. The van der Waals surface area contributed by atoms with Gasteiger partial charge in [0.2, 0.25) is 17.7 Å². The minimum Gasteiger partial charge on any atom is -0.479 e. The van der Waals surface area contributed by atoms with Crippen molar-refractivity contribution >= 4 is 21.4 Å². The van der Waals surface area contributed by atoms with Crippen molar-refractivity contribution in [1.82, 2.24) is 9.97 Å². The fraction of sp³-hybridized carbons (Fsp3) is 0.320. The molecule has 0 saturated heterocycles. The van der Waals surface area contributed by atoms with Crippen LogP contribution in [-0.2, 0) is 14.6 Å². The molecule has 0 spiro atoms. The molecule has 34 heavy (non-hydrogen) atoms. The Hall–Kier alpha value is -3.46. The summed E-state index contributed by atoms with van der Waals surface area (Å²) in [5, 5.41) is 2.74. The number of hydrogen-bond acceptors (Lipinski definition) is 7. The molecule has 0 bridgehead atoms. The lowest BCUT2D eigenvalue weighted by molar-refractivity contribution is -0.118. The van der Waals surface area contributed by atoms with Crippen LogP contribution in [0.1, 0.15) is 31.2 Å². The number of amides is 1. The van der Waals surface area contributed by atoms with Crippen molar-refractivity contribution in [2.45, 2.75) is 42.2 Å². The summed E-state index contributed by atoms with van der Waals surface area (Å²) < 4.78 is 36.7. The van der Waals surface area contributed by atoms with E-state index in [1.165, 1.54) is 14.2 Å². The van der Waals surface area contributed by atoms with Crippen LogP contribution in [0.4, 0.5) is 5.69 Å². The third kappa shape index (κ3) is 4.11. The lowest BCUT2D eigenvalue weighted by Crippen LogP contribution is -2.47. The molecule has 3 aromatic rings. The third-order valence-corrected chi connectivity index (χ3v) is 8.69. The molecule has 1 N–H and O–H groups in total. The van der Waals surface area contributed by atoms with E-state index in [0.29, 0.717) is 18.7 Å². The predicted octanol–water partition coefficient (Wildman–Crippen LogP) is 4.19. The standard InChI is InChI=1S/C25H27N3O5S/c1-17-11-13-19(14-12-17)34(30,31)25(15-7-8-16-25)24(29)26-20-22(32-2)27-21(28-23(20)33-3)18-9-5-4-6-10-18/h4-6,9-14H,7-8,15-16H2,1-3H3,(H,26,29). The van der Waals surface area contributed by atoms with Crippen molar-refractivity contribution in [2.75, 3.05) is 19.5 Å². The molecular weight excluding hydrogens is 454 g/mol. The zero-order chi connectivity index (χ0) is 24.3. The quantitative estimate of drug-likeness (QED) is 0.539. The summed E-state index contributed by atoms with van der Waals surface area (Å²) >= 11 is 0. The summed E-state index contributed by atoms with van der Waals surface area (Å²) in [7, 11) is -1.13. The molecule has 0 unspecified atom stereocenters. The summed E-state index contributed by atoms with van der Waals surface area (Å²) in [6, 6.07) is 15.8. The first-order chi connectivity index (χ1) is 16.3. The summed E-state index contributed by atoms with van der Waals surface area (Å²) in [6.07, 6.45) is 1.72. The van der Waals surface area contributed by atoms with Crippen molar-refractivity contribution in [3.63, 3.8) is 0 Å². The van der Waals surface area contributed by atoms with Gasteiger partial charge >= 0.3 is 0 Å². The van der Waals surface area contributed by atoms with Crippen LogP contribution >= 0.6 is 0 Å². The van der Waals surface area contributed by atoms with Crippen LogP contribution < -0.4 is 14.8 Å². The molecule has 1 fully saturated rings. The Morgan fingerprint density at radius 1 is 0.912 bits per heavy atom. The van der Waals surface area contributed by atoms with Gasteiger partial charge in [-0.25, -0.2) is 8.42 Å². The zero-order valence-corrected chi connectivity index (χ0v) is 20.2. The second-order valence-electron chi connectivity index (χ2n) is 8.28. The van der Waals surface area contributed by atoms with Crippen LogP contribution in [0, 0.1) is 6.92 Å². The van der Waals surface area contributed by atoms with E-state index in [1.54, 1.807) is 24.3 Å². The lowest BCUT2D eigenvalue weighted by atomic mass is 10.1. The molecule has 1 saturated carbocycles. The monoisotopic (exact) mass is 481 g/mol. The lowest BCUT2D eigenvalue weighted by Gasteiger charge is -2.28. The first kappa shape index (κ1) is 23.7. The van der Waals surface area contributed by atoms with E-state index in [9.17, 15) is 13.2 Å². The molecule has 0 atom stereocenters. The minimum atomic E-state index is -3.96. The van der Waals surface area contributed by atoms with Gasteiger partial charge in [0.25, 0.3) is 0 Å². The minimum absolute atomic E-state index is 0.0833. The fourth-order valence-electron chi connectivity index (χ4n) is 4.27. The molecule has 178 valence electrons. The third-order valence-electron chi connectivity index (χ3n) is 6.17. The Morgan fingerprint density at radius 2 is 1.47 bits per heavy atom. The van der Waals surface area contributed by atoms with E-state index < -0.39 is 20.5 Å². The maximum Gasteiger partial charge on any atom is 0.246 e. The van der Waals surface area contributed by atoms with E-state index in [1.807, 2.05) is 37.3 Å². The highest BCUT2D eigenvalue weighted by Crippen LogP contribution is 2.43. The number of sulfone groups is 1. The SMILES string of the molecule is COc1nc(-c2ccccc2)nc(OC)c1NC(=O)C1(S(=O)(=O)c2ccc(C)cc2)CCCC1. The topological polar surface area (TPSA) is 107 Å². The Bertz CT molecular complexity index is 1260. The van der Waals surface area contributed by atoms with Crippen molar-refractivity contribution < 1.29 is 22.7 Å². The summed E-state index contributed by atoms with van der Waals surface area (Å²) in [6.45, 7) is 1.88. The number of aromatic nitrogens is 2. The molecular formula is C25H27N3O5S. The van der Waals surface area contributed by atoms with Gasteiger partial charge in [-0.3, -0.25) is 4.79 Å². The fourth-order valence-corrected chi connectivity index (χ4v) is 6.34. The molecule has 4 rings (SSSR count). The number of ether oxygens (including phenoxy) is 2. The van der Waals surface area contributed by atoms with Gasteiger partial charge in [-0.15, -0.1) is 0 Å². The van der Waals surface area contributed by atoms with E-state index in [-0.39, 0.29) is 35.2 Å². The maximum absolute atomic E-state index is 13.7. The largest absolute Gasteiger partial charge is 0.479 e. The normalized spacial score (nSPS) is 15.0. The molecule has 2 aromatic carbocycles. The van der Waals surface area contributed by atoms with Crippen molar-refractivity contribution in [2.24, 2.45) is 0 Å². The van der Waals surface area contributed by atoms with Gasteiger partial charge in [-0.05, 0) is 31.9 Å². The number of hydrogen-bond donors (Lipinski definition) is 1. The first-order valence-corrected chi connectivity index (χ1v) is 12.5.